The van der Waals surface area contributed by atoms with Crippen molar-refractivity contribution >= 4 is 5.91 Å². The Morgan fingerprint density at radius 1 is 1.22 bits per heavy atom. The zero-order chi connectivity index (χ0) is 18.8. The minimum absolute atomic E-state index is 0.103. The highest BCUT2D eigenvalue weighted by Crippen LogP contribution is 2.35. The van der Waals surface area contributed by atoms with Crippen molar-refractivity contribution in [2.45, 2.75) is 25.4 Å². The highest BCUT2D eigenvalue weighted by Gasteiger charge is 2.33. The van der Waals surface area contributed by atoms with Crippen LogP contribution < -0.4 is 10.1 Å². The number of amides is 1. The van der Waals surface area contributed by atoms with E-state index in [9.17, 15) is 9.18 Å². The van der Waals surface area contributed by atoms with Crippen LogP contribution in [0.3, 0.4) is 0 Å². The highest BCUT2D eigenvalue weighted by atomic mass is 19.1. The van der Waals surface area contributed by atoms with Gasteiger partial charge < -0.3 is 10.1 Å². The molecule has 1 aliphatic rings. The van der Waals surface area contributed by atoms with Gasteiger partial charge in [0.15, 0.2) is 5.82 Å². The number of aryl methyl sites for hydroxylation is 1. The average Bonchev–Trinajstić information content (AvgIpc) is 3.29. The molecule has 138 valence electrons. The summed E-state index contributed by atoms with van der Waals surface area (Å²) < 4.78 is 20.3. The molecule has 2 heterocycles. The number of para-hydroxylation sites is 1. The molecule has 1 aliphatic heterocycles. The maximum atomic E-state index is 13.0. The Balaban J connectivity index is 1.57. The number of carbonyl (C=O) groups is 1. The largest absolute Gasteiger partial charge is 0.496 e. The van der Waals surface area contributed by atoms with E-state index in [4.69, 9.17) is 4.74 Å². The van der Waals surface area contributed by atoms with Crippen LogP contribution in [0.4, 0.5) is 4.39 Å². The van der Waals surface area contributed by atoms with E-state index in [1.54, 1.807) is 19.2 Å². The highest BCUT2D eigenvalue weighted by molar-refractivity contribution is 5.82. The fourth-order valence-corrected chi connectivity index (χ4v) is 3.39. The van der Waals surface area contributed by atoms with Gasteiger partial charge in [0.05, 0.1) is 12.7 Å². The molecular formula is C20H19FN4O2. The van der Waals surface area contributed by atoms with E-state index >= 15 is 0 Å². The molecule has 1 atom stereocenters. The number of fused-ring (bicyclic) bond motifs is 1. The third-order valence-corrected chi connectivity index (χ3v) is 4.75. The zero-order valence-corrected chi connectivity index (χ0v) is 14.9. The second-order valence-corrected chi connectivity index (χ2v) is 6.41. The van der Waals surface area contributed by atoms with E-state index in [1.165, 1.54) is 12.1 Å². The molecule has 0 aliphatic carbocycles. The molecule has 0 saturated carbocycles. The van der Waals surface area contributed by atoms with Crippen molar-refractivity contribution in [1.29, 1.82) is 0 Å². The molecule has 3 aromatic rings. The number of hydrogen-bond acceptors (Lipinski definition) is 4. The van der Waals surface area contributed by atoms with Crippen molar-refractivity contribution in [2.75, 3.05) is 7.11 Å². The molecule has 0 radical (unpaired) electrons. The lowest BCUT2D eigenvalue weighted by Crippen LogP contribution is -2.31. The predicted molar refractivity (Wildman–Crippen MR) is 97.6 cm³/mol. The molecule has 0 fully saturated rings. The maximum absolute atomic E-state index is 13.0. The Labute approximate surface area is 156 Å². The Kier molecular flexibility index (Phi) is 4.58. The molecule has 0 spiro atoms. The molecule has 1 aromatic heterocycles. The van der Waals surface area contributed by atoms with Crippen molar-refractivity contribution in [1.82, 2.24) is 20.1 Å². The Bertz CT molecular complexity index is 968. The molecule has 1 N–H and O–H groups in total. The third-order valence-electron chi connectivity index (χ3n) is 4.75. The topological polar surface area (TPSA) is 69.0 Å². The molecule has 2 aromatic carbocycles. The Morgan fingerprint density at radius 3 is 2.78 bits per heavy atom. The summed E-state index contributed by atoms with van der Waals surface area (Å²) >= 11 is 0. The minimum atomic E-state index is -0.379. The average molecular weight is 366 g/mol. The fourth-order valence-electron chi connectivity index (χ4n) is 3.39. The fraction of sp³-hybridized carbons (Fsp3) is 0.250. The summed E-state index contributed by atoms with van der Waals surface area (Å²) in [6, 6.07) is 13.3. The molecule has 1 unspecified atom stereocenters. The minimum Gasteiger partial charge on any atom is -0.496 e. The molecule has 27 heavy (non-hydrogen) atoms. The van der Waals surface area contributed by atoms with E-state index in [-0.39, 0.29) is 17.8 Å². The molecule has 4 rings (SSSR count). The van der Waals surface area contributed by atoms with Gasteiger partial charge in [-0.25, -0.2) is 4.39 Å². The summed E-state index contributed by atoms with van der Waals surface area (Å²) in [5.74, 6) is 1.70. The molecular weight excluding hydrogens is 347 g/mol. The van der Waals surface area contributed by atoms with Crippen molar-refractivity contribution in [3.8, 4) is 17.1 Å². The van der Waals surface area contributed by atoms with Gasteiger partial charge in [0.25, 0.3) is 0 Å². The second kappa shape index (κ2) is 7.19. The van der Waals surface area contributed by atoms with Crippen molar-refractivity contribution in [3.05, 3.63) is 65.7 Å². The van der Waals surface area contributed by atoms with Gasteiger partial charge in [-0.2, -0.15) is 0 Å². The first kappa shape index (κ1) is 17.2. The molecule has 7 heteroatoms. The first-order chi connectivity index (χ1) is 13.2. The molecule has 6 nitrogen and oxygen atoms in total. The van der Waals surface area contributed by atoms with Crippen LogP contribution in [0.15, 0.2) is 48.5 Å². The SMILES string of the molecule is COc1ccccc1-c1nnc2n1C(C(=O)NCc1ccc(F)cc1)CC2. The van der Waals surface area contributed by atoms with Crippen molar-refractivity contribution < 1.29 is 13.9 Å². The molecule has 0 saturated heterocycles. The van der Waals surface area contributed by atoms with Crippen LogP contribution in [-0.4, -0.2) is 27.8 Å². The van der Waals surface area contributed by atoms with Crippen LogP contribution in [0.1, 0.15) is 23.9 Å². The van der Waals surface area contributed by atoms with E-state index in [0.717, 1.165) is 17.0 Å². The summed E-state index contributed by atoms with van der Waals surface area (Å²) in [4.78, 5) is 12.8. The first-order valence-corrected chi connectivity index (χ1v) is 8.76. The van der Waals surface area contributed by atoms with E-state index in [0.29, 0.717) is 31.0 Å². The summed E-state index contributed by atoms with van der Waals surface area (Å²) in [6.07, 6.45) is 1.36. The van der Waals surface area contributed by atoms with E-state index in [2.05, 4.69) is 15.5 Å². The number of nitrogens with zero attached hydrogens (tertiary/aromatic N) is 3. The van der Waals surface area contributed by atoms with Crippen LogP contribution in [0.25, 0.3) is 11.4 Å². The van der Waals surface area contributed by atoms with Gasteiger partial charge in [-0.15, -0.1) is 10.2 Å². The van der Waals surface area contributed by atoms with Crippen molar-refractivity contribution in [2.24, 2.45) is 0 Å². The summed E-state index contributed by atoms with van der Waals surface area (Å²) in [6.45, 7) is 0.344. The monoisotopic (exact) mass is 366 g/mol. The summed E-state index contributed by atoms with van der Waals surface area (Å²) in [5.41, 5.74) is 1.65. The van der Waals surface area contributed by atoms with Gasteiger partial charge in [-0.3, -0.25) is 9.36 Å². The van der Waals surface area contributed by atoms with Gasteiger partial charge >= 0.3 is 0 Å². The second-order valence-electron chi connectivity index (χ2n) is 6.41. The number of rotatable bonds is 5. The zero-order valence-electron chi connectivity index (χ0n) is 14.9. The number of hydrogen-bond donors (Lipinski definition) is 1. The summed E-state index contributed by atoms with van der Waals surface area (Å²) in [7, 11) is 1.60. The van der Waals surface area contributed by atoms with Crippen LogP contribution in [-0.2, 0) is 17.8 Å². The van der Waals surface area contributed by atoms with Gasteiger partial charge in [0.1, 0.15) is 23.4 Å². The normalized spacial score (nSPS) is 15.4. The quantitative estimate of drug-likeness (QED) is 0.754. The smallest absolute Gasteiger partial charge is 0.243 e. The predicted octanol–water partition coefficient (Wildman–Crippen LogP) is 2.90. The Morgan fingerprint density at radius 2 is 2.00 bits per heavy atom. The number of nitrogens with one attached hydrogen (secondary N) is 1. The number of aromatic nitrogens is 3. The van der Waals surface area contributed by atoms with Gasteiger partial charge in [-0.05, 0) is 36.2 Å². The van der Waals surface area contributed by atoms with Crippen molar-refractivity contribution in [3.63, 3.8) is 0 Å². The van der Waals surface area contributed by atoms with Crippen LogP contribution in [0.2, 0.25) is 0 Å². The molecule has 1 amide bonds. The number of carbonyl (C=O) groups excluding carboxylic acids is 1. The summed E-state index contributed by atoms with van der Waals surface area (Å²) in [5, 5.41) is 11.5. The van der Waals surface area contributed by atoms with E-state index < -0.39 is 0 Å². The van der Waals surface area contributed by atoms with E-state index in [1.807, 2.05) is 28.8 Å². The van der Waals surface area contributed by atoms with Crippen LogP contribution >= 0.6 is 0 Å². The van der Waals surface area contributed by atoms with Gasteiger partial charge in [-0.1, -0.05) is 24.3 Å². The van der Waals surface area contributed by atoms with Crippen LogP contribution in [0.5, 0.6) is 5.75 Å². The maximum Gasteiger partial charge on any atom is 0.243 e. The lowest BCUT2D eigenvalue weighted by Gasteiger charge is -2.16. The first-order valence-electron chi connectivity index (χ1n) is 8.76. The van der Waals surface area contributed by atoms with Crippen LogP contribution in [0, 0.1) is 5.82 Å². The Hall–Kier alpha value is -3.22. The lowest BCUT2D eigenvalue weighted by atomic mass is 10.1. The van der Waals surface area contributed by atoms with Gasteiger partial charge in [0.2, 0.25) is 5.91 Å². The standard InChI is InChI=1S/C20H19FN4O2/c1-27-17-5-3-2-4-15(17)19-24-23-18-11-10-16(25(18)19)20(26)22-12-13-6-8-14(21)9-7-13/h2-9,16H,10-12H2,1H3,(H,22,26). The lowest BCUT2D eigenvalue weighted by molar-refractivity contribution is -0.124. The van der Waals surface area contributed by atoms with Gasteiger partial charge in [0, 0.05) is 13.0 Å². The number of methoxy groups -OCH3 is 1. The number of benzene rings is 2. The third kappa shape index (κ3) is 3.28. The number of halogens is 1. The molecule has 0 bridgehead atoms. The number of ether oxygens (including phenoxy) is 1.